The molecule has 2 aromatic heterocycles. The van der Waals surface area contributed by atoms with Gasteiger partial charge in [-0.3, -0.25) is 9.89 Å². The fourth-order valence-corrected chi connectivity index (χ4v) is 4.79. The summed E-state index contributed by atoms with van der Waals surface area (Å²) in [5.74, 6) is 0.767. The lowest BCUT2D eigenvalue weighted by Gasteiger charge is -2.27. The molecule has 1 aromatic carbocycles. The van der Waals surface area contributed by atoms with Gasteiger partial charge in [-0.05, 0) is 44.2 Å². The van der Waals surface area contributed by atoms with Crippen LogP contribution in [0.4, 0.5) is 5.95 Å². The number of benzene rings is 1. The normalized spacial score (nSPS) is 19.7. The number of likely N-dealkylation sites (tertiary alicyclic amines) is 1. The van der Waals surface area contributed by atoms with Gasteiger partial charge in [-0.25, -0.2) is 9.97 Å². The van der Waals surface area contributed by atoms with E-state index < -0.39 is 0 Å². The summed E-state index contributed by atoms with van der Waals surface area (Å²) in [6, 6.07) is 11.9. The number of hydrogen-bond donors (Lipinski definition) is 1. The zero-order chi connectivity index (χ0) is 21.2. The Labute approximate surface area is 182 Å². The molecule has 2 aliphatic rings. The second-order valence-electron chi connectivity index (χ2n) is 8.46. The molecule has 1 amide bonds. The highest BCUT2D eigenvalue weighted by atomic mass is 16.2. The number of amides is 1. The van der Waals surface area contributed by atoms with Crippen molar-refractivity contribution in [3.63, 3.8) is 0 Å². The first-order chi connectivity index (χ1) is 15.2. The largest absolute Gasteiger partial charge is 0.341 e. The molecule has 2 unspecified atom stereocenters. The summed E-state index contributed by atoms with van der Waals surface area (Å²) in [5.41, 5.74) is 3.84. The monoisotopic (exact) mass is 416 g/mol. The Morgan fingerprint density at radius 2 is 1.90 bits per heavy atom. The van der Waals surface area contributed by atoms with Gasteiger partial charge in [-0.15, -0.1) is 0 Å². The van der Waals surface area contributed by atoms with Gasteiger partial charge in [0, 0.05) is 31.4 Å². The molecular weight excluding hydrogens is 388 g/mol. The van der Waals surface area contributed by atoms with Crippen LogP contribution in [0.5, 0.6) is 0 Å². The molecule has 1 N–H and O–H groups in total. The molecule has 31 heavy (non-hydrogen) atoms. The third kappa shape index (κ3) is 3.80. The molecular formula is C24H28N6O. The molecule has 0 radical (unpaired) electrons. The van der Waals surface area contributed by atoms with Crippen LogP contribution in [0, 0.1) is 0 Å². The average molecular weight is 417 g/mol. The van der Waals surface area contributed by atoms with Gasteiger partial charge in [0.1, 0.15) is 0 Å². The summed E-state index contributed by atoms with van der Waals surface area (Å²) >= 11 is 0. The lowest BCUT2D eigenvalue weighted by atomic mass is 9.98. The van der Waals surface area contributed by atoms with Crippen molar-refractivity contribution < 1.29 is 4.79 Å². The number of hydrogen-bond acceptors (Lipinski definition) is 5. The van der Waals surface area contributed by atoms with Gasteiger partial charge in [0.2, 0.25) is 11.9 Å². The minimum atomic E-state index is -0.172. The van der Waals surface area contributed by atoms with Crippen LogP contribution < -0.4 is 4.90 Å². The number of rotatable bonds is 5. The van der Waals surface area contributed by atoms with E-state index in [1.807, 2.05) is 60.6 Å². The van der Waals surface area contributed by atoms with Crippen molar-refractivity contribution in [1.29, 1.82) is 0 Å². The van der Waals surface area contributed by atoms with Crippen LogP contribution in [0.15, 0.2) is 48.8 Å². The lowest BCUT2D eigenvalue weighted by Crippen LogP contribution is -2.34. The molecule has 2 aliphatic heterocycles. The van der Waals surface area contributed by atoms with Gasteiger partial charge in [-0.2, -0.15) is 5.10 Å². The minimum Gasteiger partial charge on any atom is -0.341 e. The SMILES string of the molecule is CC(C(=O)N1CCCC1c1[nH]ncc1-c1ccnc(N2CCCC2)n1)c1ccccc1. The van der Waals surface area contributed by atoms with E-state index in [4.69, 9.17) is 4.98 Å². The number of aromatic nitrogens is 4. The highest BCUT2D eigenvalue weighted by Gasteiger charge is 2.35. The van der Waals surface area contributed by atoms with Gasteiger partial charge in [0.15, 0.2) is 0 Å². The van der Waals surface area contributed by atoms with Gasteiger partial charge >= 0.3 is 0 Å². The molecule has 160 valence electrons. The van der Waals surface area contributed by atoms with Crippen molar-refractivity contribution in [3.05, 3.63) is 60.0 Å². The summed E-state index contributed by atoms with van der Waals surface area (Å²) < 4.78 is 0. The van der Waals surface area contributed by atoms with E-state index in [2.05, 4.69) is 20.1 Å². The molecule has 7 heteroatoms. The number of carbonyl (C=O) groups excluding carboxylic acids is 1. The summed E-state index contributed by atoms with van der Waals surface area (Å²) in [6.07, 6.45) is 7.92. The molecule has 2 atom stereocenters. The zero-order valence-electron chi connectivity index (χ0n) is 17.9. The molecule has 0 saturated carbocycles. The molecule has 5 rings (SSSR count). The van der Waals surface area contributed by atoms with Crippen LogP contribution in [-0.4, -0.2) is 50.6 Å². The van der Waals surface area contributed by atoms with E-state index in [1.54, 1.807) is 0 Å². The predicted octanol–water partition coefficient (Wildman–Crippen LogP) is 3.93. The molecule has 0 spiro atoms. The Morgan fingerprint density at radius 3 is 2.71 bits per heavy atom. The fourth-order valence-electron chi connectivity index (χ4n) is 4.79. The summed E-state index contributed by atoms with van der Waals surface area (Å²) in [6.45, 7) is 4.77. The Hall–Kier alpha value is -3.22. The van der Waals surface area contributed by atoms with Crippen molar-refractivity contribution >= 4 is 11.9 Å². The Kier molecular flexibility index (Phi) is 5.40. The maximum absolute atomic E-state index is 13.4. The van der Waals surface area contributed by atoms with Crippen molar-refractivity contribution in [1.82, 2.24) is 25.1 Å². The highest BCUT2D eigenvalue weighted by molar-refractivity contribution is 5.84. The molecule has 7 nitrogen and oxygen atoms in total. The van der Waals surface area contributed by atoms with Crippen molar-refractivity contribution in [2.75, 3.05) is 24.5 Å². The first-order valence-electron chi connectivity index (χ1n) is 11.2. The van der Waals surface area contributed by atoms with Crippen LogP contribution in [-0.2, 0) is 4.79 Å². The topological polar surface area (TPSA) is 78.0 Å². The first kappa shape index (κ1) is 19.7. The van der Waals surface area contributed by atoms with Crippen LogP contribution in [0.3, 0.4) is 0 Å². The third-order valence-electron chi connectivity index (χ3n) is 6.52. The minimum absolute atomic E-state index is 0.0126. The smallest absolute Gasteiger partial charge is 0.230 e. The summed E-state index contributed by atoms with van der Waals surface area (Å²) in [4.78, 5) is 26.9. The van der Waals surface area contributed by atoms with E-state index in [9.17, 15) is 4.79 Å². The Bertz CT molecular complexity index is 1040. The number of nitrogens with one attached hydrogen (secondary N) is 1. The van der Waals surface area contributed by atoms with E-state index in [-0.39, 0.29) is 17.9 Å². The Morgan fingerprint density at radius 1 is 1.10 bits per heavy atom. The summed E-state index contributed by atoms with van der Waals surface area (Å²) in [5, 5.41) is 7.51. The van der Waals surface area contributed by atoms with Gasteiger partial charge < -0.3 is 9.80 Å². The number of nitrogens with zero attached hydrogens (tertiary/aromatic N) is 5. The van der Waals surface area contributed by atoms with Crippen molar-refractivity contribution in [2.24, 2.45) is 0 Å². The van der Waals surface area contributed by atoms with Crippen LogP contribution in [0.25, 0.3) is 11.3 Å². The van der Waals surface area contributed by atoms with Crippen LogP contribution >= 0.6 is 0 Å². The number of aromatic amines is 1. The number of H-pyrrole nitrogens is 1. The maximum Gasteiger partial charge on any atom is 0.230 e. The molecule has 3 aromatic rings. The Balaban J connectivity index is 1.42. The van der Waals surface area contributed by atoms with Crippen molar-refractivity contribution in [3.8, 4) is 11.3 Å². The maximum atomic E-state index is 13.4. The zero-order valence-corrected chi connectivity index (χ0v) is 17.9. The molecule has 2 saturated heterocycles. The standard InChI is InChI=1S/C24H28N6O/c1-17(18-8-3-2-4-9-18)23(31)30-15-7-10-21(30)22-19(16-26-28-22)20-11-12-25-24(27-20)29-13-5-6-14-29/h2-4,8-9,11-12,16-17,21H,5-7,10,13-15H2,1H3,(H,26,28). The predicted molar refractivity (Wildman–Crippen MR) is 120 cm³/mol. The second kappa shape index (κ2) is 8.49. The average Bonchev–Trinajstić information content (AvgIpc) is 3.59. The van der Waals surface area contributed by atoms with Gasteiger partial charge in [0.05, 0.1) is 29.5 Å². The molecule has 0 aliphatic carbocycles. The van der Waals surface area contributed by atoms with Gasteiger partial charge in [-0.1, -0.05) is 30.3 Å². The van der Waals surface area contributed by atoms with E-state index in [0.29, 0.717) is 0 Å². The van der Waals surface area contributed by atoms with Crippen LogP contribution in [0.1, 0.15) is 55.8 Å². The second-order valence-corrected chi connectivity index (χ2v) is 8.46. The van der Waals surface area contributed by atoms with E-state index in [1.165, 1.54) is 12.8 Å². The third-order valence-corrected chi connectivity index (χ3v) is 6.52. The fraction of sp³-hybridized carbons (Fsp3) is 0.417. The van der Waals surface area contributed by atoms with Crippen molar-refractivity contribution in [2.45, 2.75) is 44.6 Å². The lowest BCUT2D eigenvalue weighted by molar-refractivity contribution is -0.133. The first-order valence-corrected chi connectivity index (χ1v) is 11.2. The van der Waals surface area contributed by atoms with E-state index in [0.717, 1.165) is 60.9 Å². The molecule has 2 fully saturated rings. The van der Waals surface area contributed by atoms with E-state index >= 15 is 0 Å². The van der Waals surface area contributed by atoms with Gasteiger partial charge in [0.25, 0.3) is 0 Å². The number of anilines is 1. The highest BCUT2D eigenvalue weighted by Crippen LogP contribution is 2.38. The molecule has 4 heterocycles. The quantitative estimate of drug-likeness (QED) is 0.682. The van der Waals surface area contributed by atoms with Crippen LogP contribution in [0.2, 0.25) is 0 Å². The summed E-state index contributed by atoms with van der Waals surface area (Å²) in [7, 11) is 0. The molecule has 0 bridgehead atoms. The number of carbonyl (C=O) groups is 1.